The molecule has 1 saturated heterocycles. The van der Waals surface area contributed by atoms with Crippen molar-refractivity contribution in [2.45, 2.75) is 18.9 Å². The number of benzene rings is 3. The van der Waals surface area contributed by atoms with Crippen molar-refractivity contribution in [1.29, 1.82) is 0 Å². The third-order valence-electron chi connectivity index (χ3n) is 7.86. The number of likely N-dealkylation sites (N-methyl/N-ethyl adjacent to an activating group) is 1. The van der Waals surface area contributed by atoms with Gasteiger partial charge in [-0.25, -0.2) is 4.98 Å². The highest BCUT2D eigenvalue weighted by Gasteiger charge is 2.20. The molecule has 1 aliphatic rings. The molecule has 0 bridgehead atoms. The predicted octanol–water partition coefficient (Wildman–Crippen LogP) is 4.89. The molecule has 220 valence electrons. The van der Waals surface area contributed by atoms with Gasteiger partial charge in [0.05, 0.1) is 12.7 Å². The van der Waals surface area contributed by atoms with Crippen LogP contribution in [0.4, 0.5) is 17.3 Å². The maximum atomic E-state index is 14.3. The number of aromatic nitrogens is 7. The van der Waals surface area contributed by atoms with Crippen LogP contribution in [-0.2, 0) is 7.05 Å². The molecule has 1 unspecified atom stereocenters. The number of pyridine rings is 1. The summed E-state index contributed by atoms with van der Waals surface area (Å²) in [4.78, 5) is 27.5. The summed E-state index contributed by atoms with van der Waals surface area (Å²) in [5.74, 6) is 0.838. The zero-order valence-corrected chi connectivity index (χ0v) is 24.6. The van der Waals surface area contributed by atoms with Gasteiger partial charge in [0.2, 0.25) is 11.8 Å². The SMILES string of the molecule is CN1CCCC(Nc2ccc(Nc3ncc4cc(-c5ccccc5-c5nnn(C)n5)c(=O)n(-c5ccccc5)c4n3)cc2)C1. The van der Waals surface area contributed by atoms with Gasteiger partial charge in [0.15, 0.2) is 5.65 Å². The van der Waals surface area contributed by atoms with Crippen LogP contribution >= 0.6 is 0 Å². The highest BCUT2D eigenvalue weighted by molar-refractivity contribution is 5.87. The fourth-order valence-corrected chi connectivity index (χ4v) is 5.77. The summed E-state index contributed by atoms with van der Waals surface area (Å²) < 4.78 is 1.63. The van der Waals surface area contributed by atoms with Crippen LogP contribution in [0.3, 0.4) is 0 Å². The number of nitrogens with one attached hydrogen (secondary N) is 2. The van der Waals surface area contributed by atoms with E-state index in [1.165, 1.54) is 17.6 Å². The lowest BCUT2D eigenvalue weighted by molar-refractivity contribution is 0.261. The lowest BCUT2D eigenvalue weighted by atomic mass is 9.99. The van der Waals surface area contributed by atoms with Crippen molar-refractivity contribution in [3.8, 4) is 28.2 Å². The highest BCUT2D eigenvalue weighted by atomic mass is 16.1. The molecule has 1 aliphatic heterocycles. The summed E-state index contributed by atoms with van der Waals surface area (Å²) >= 11 is 0. The monoisotopic (exact) mass is 584 g/mol. The van der Waals surface area contributed by atoms with Crippen molar-refractivity contribution in [1.82, 2.24) is 39.6 Å². The first-order valence-corrected chi connectivity index (χ1v) is 14.7. The highest BCUT2D eigenvalue weighted by Crippen LogP contribution is 2.30. The molecular formula is C33H32N10O. The van der Waals surface area contributed by atoms with E-state index >= 15 is 0 Å². The minimum atomic E-state index is -0.214. The Morgan fingerprint density at radius 3 is 2.36 bits per heavy atom. The minimum Gasteiger partial charge on any atom is -0.381 e. The quantitative estimate of drug-likeness (QED) is 0.270. The van der Waals surface area contributed by atoms with Crippen LogP contribution in [0.15, 0.2) is 95.9 Å². The lowest BCUT2D eigenvalue weighted by Gasteiger charge is -2.30. The van der Waals surface area contributed by atoms with E-state index in [4.69, 9.17) is 4.98 Å². The molecule has 3 aromatic carbocycles. The molecular weight excluding hydrogens is 552 g/mol. The van der Waals surface area contributed by atoms with Gasteiger partial charge in [-0.3, -0.25) is 9.36 Å². The molecule has 11 nitrogen and oxygen atoms in total. The molecule has 11 heteroatoms. The van der Waals surface area contributed by atoms with E-state index in [1.54, 1.807) is 17.8 Å². The third kappa shape index (κ3) is 5.52. The largest absolute Gasteiger partial charge is 0.381 e. The summed E-state index contributed by atoms with van der Waals surface area (Å²) in [6.07, 6.45) is 4.11. The minimum absolute atomic E-state index is 0.214. The van der Waals surface area contributed by atoms with Crippen LogP contribution in [0.5, 0.6) is 0 Å². The Bertz CT molecular complexity index is 1980. The van der Waals surface area contributed by atoms with Crippen LogP contribution in [0, 0.1) is 0 Å². The maximum Gasteiger partial charge on any atom is 0.264 e. The van der Waals surface area contributed by atoms with Gasteiger partial charge in [0.1, 0.15) is 0 Å². The van der Waals surface area contributed by atoms with E-state index < -0.39 is 0 Å². The number of aryl methyl sites for hydroxylation is 1. The number of tetrazole rings is 1. The smallest absolute Gasteiger partial charge is 0.264 e. The second kappa shape index (κ2) is 11.7. The molecule has 0 aliphatic carbocycles. The van der Waals surface area contributed by atoms with Crippen molar-refractivity contribution < 1.29 is 0 Å². The van der Waals surface area contributed by atoms with E-state index in [0.717, 1.165) is 24.5 Å². The van der Waals surface area contributed by atoms with E-state index in [2.05, 4.69) is 55.1 Å². The molecule has 0 spiro atoms. The first-order chi connectivity index (χ1) is 21.5. The lowest BCUT2D eigenvalue weighted by Crippen LogP contribution is -2.39. The number of anilines is 3. The Labute approximate surface area is 254 Å². The van der Waals surface area contributed by atoms with Gasteiger partial charge in [-0.1, -0.05) is 42.5 Å². The average Bonchev–Trinajstić information content (AvgIpc) is 3.48. The van der Waals surface area contributed by atoms with Crippen LogP contribution in [0.2, 0.25) is 0 Å². The molecule has 2 N–H and O–H groups in total. The summed E-state index contributed by atoms with van der Waals surface area (Å²) in [6, 6.07) is 27.5. The fraction of sp³-hybridized carbons (Fsp3) is 0.212. The third-order valence-corrected chi connectivity index (χ3v) is 7.86. The Balaban J connectivity index is 1.26. The molecule has 0 radical (unpaired) electrons. The fourth-order valence-electron chi connectivity index (χ4n) is 5.77. The van der Waals surface area contributed by atoms with Crippen LogP contribution in [0.1, 0.15) is 12.8 Å². The van der Waals surface area contributed by atoms with E-state index in [0.29, 0.717) is 51.2 Å². The topological polar surface area (TPSA) is 119 Å². The van der Waals surface area contributed by atoms with Gasteiger partial charge < -0.3 is 15.5 Å². The van der Waals surface area contributed by atoms with Gasteiger partial charge in [-0.2, -0.15) is 9.78 Å². The number of likely N-dealkylation sites (tertiary alicyclic amines) is 1. The Hall–Kier alpha value is -5.42. The first-order valence-electron chi connectivity index (χ1n) is 14.7. The van der Waals surface area contributed by atoms with Crippen molar-refractivity contribution in [2.24, 2.45) is 7.05 Å². The number of para-hydroxylation sites is 1. The number of hydrogen-bond acceptors (Lipinski definition) is 9. The van der Waals surface area contributed by atoms with Gasteiger partial charge in [0, 0.05) is 46.7 Å². The molecule has 0 saturated carbocycles. The molecule has 7 rings (SSSR count). The zero-order valence-electron chi connectivity index (χ0n) is 24.6. The van der Waals surface area contributed by atoms with Crippen LogP contribution < -0.4 is 16.2 Å². The summed E-state index contributed by atoms with van der Waals surface area (Å²) in [6.45, 7) is 2.19. The first kappa shape index (κ1) is 27.4. The maximum absolute atomic E-state index is 14.3. The summed E-state index contributed by atoms with van der Waals surface area (Å²) in [5, 5.41) is 20.2. The molecule has 0 amide bonds. The molecule has 1 fully saturated rings. The second-order valence-electron chi connectivity index (χ2n) is 11.1. The van der Waals surface area contributed by atoms with E-state index in [9.17, 15) is 4.79 Å². The van der Waals surface area contributed by atoms with Gasteiger partial charge >= 0.3 is 0 Å². The van der Waals surface area contributed by atoms with Crippen LogP contribution in [0.25, 0.3) is 39.2 Å². The Morgan fingerprint density at radius 1 is 0.864 bits per heavy atom. The van der Waals surface area contributed by atoms with Crippen molar-refractivity contribution in [3.63, 3.8) is 0 Å². The van der Waals surface area contributed by atoms with Gasteiger partial charge in [-0.05, 0) is 79.7 Å². The molecule has 6 aromatic rings. The van der Waals surface area contributed by atoms with Crippen molar-refractivity contribution >= 4 is 28.4 Å². The summed E-state index contributed by atoms with van der Waals surface area (Å²) in [7, 11) is 3.88. The average molecular weight is 585 g/mol. The Morgan fingerprint density at radius 2 is 1.61 bits per heavy atom. The predicted molar refractivity (Wildman–Crippen MR) is 172 cm³/mol. The van der Waals surface area contributed by atoms with Crippen LogP contribution in [-0.4, -0.2) is 65.8 Å². The normalized spacial score (nSPS) is 15.4. The van der Waals surface area contributed by atoms with E-state index in [1.807, 2.05) is 72.8 Å². The standard InChI is InChI=1S/C33H32N10O/c1-41-18-8-9-25(21-41)35-23-14-16-24(17-15-23)36-33-34-20-22-19-29(27-12-6-7-13-28(27)30-38-40-42(2)39-30)32(44)43(31(22)37-33)26-10-4-3-5-11-26/h3-7,10-17,19-20,25,35H,8-9,18,21H2,1-2H3,(H,34,36,37). The van der Waals surface area contributed by atoms with Crippen molar-refractivity contribution in [2.75, 3.05) is 30.8 Å². The number of nitrogens with zero attached hydrogens (tertiary/aromatic N) is 8. The Kier molecular flexibility index (Phi) is 7.29. The molecule has 3 aromatic heterocycles. The molecule has 1 atom stereocenters. The second-order valence-corrected chi connectivity index (χ2v) is 11.1. The zero-order chi connectivity index (χ0) is 30.0. The number of piperidine rings is 1. The number of fused-ring (bicyclic) bond motifs is 1. The van der Waals surface area contributed by atoms with E-state index in [-0.39, 0.29) is 5.56 Å². The van der Waals surface area contributed by atoms with Gasteiger partial charge in [-0.15, -0.1) is 10.2 Å². The molecule has 44 heavy (non-hydrogen) atoms. The van der Waals surface area contributed by atoms with Crippen molar-refractivity contribution in [3.05, 3.63) is 101 Å². The van der Waals surface area contributed by atoms with Gasteiger partial charge in [0.25, 0.3) is 5.56 Å². The number of rotatable bonds is 7. The molecule has 4 heterocycles. The number of hydrogen-bond donors (Lipinski definition) is 2. The summed E-state index contributed by atoms with van der Waals surface area (Å²) in [5.41, 5.74) is 4.82.